The fraction of sp³-hybridized carbons (Fsp3) is 0.0769. The molecule has 0 amide bonds. The lowest BCUT2D eigenvalue weighted by Gasteiger charge is -2.12. The summed E-state index contributed by atoms with van der Waals surface area (Å²) in [6, 6.07) is 6.92. The number of halogens is 5. The molecule has 8 heteroatoms. The van der Waals surface area contributed by atoms with Crippen LogP contribution in [0.1, 0.15) is 5.56 Å². The van der Waals surface area contributed by atoms with Gasteiger partial charge < -0.3 is 0 Å². The van der Waals surface area contributed by atoms with Gasteiger partial charge in [-0.2, -0.15) is 13.2 Å². The van der Waals surface area contributed by atoms with Gasteiger partial charge in [-0.15, -0.1) is 0 Å². The molecule has 2 nitrogen and oxygen atoms in total. The first-order valence-electron chi connectivity index (χ1n) is 5.51. The topological polar surface area (TPSA) is 34.1 Å². The summed E-state index contributed by atoms with van der Waals surface area (Å²) in [6.07, 6.45) is -4.71. The van der Waals surface area contributed by atoms with Crippen LogP contribution in [0.3, 0.4) is 0 Å². The van der Waals surface area contributed by atoms with Gasteiger partial charge in [0.2, 0.25) is 0 Å². The molecule has 2 rings (SSSR count). The van der Waals surface area contributed by atoms with E-state index in [1.54, 1.807) is 0 Å². The van der Waals surface area contributed by atoms with Crippen molar-refractivity contribution in [3.8, 4) is 11.1 Å². The minimum absolute atomic E-state index is 0.0995. The Bertz CT molecular complexity index is 785. The molecule has 0 N–H and O–H groups in total. The van der Waals surface area contributed by atoms with Gasteiger partial charge in [0.1, 0.15) is 5.82 Å². The van der Waals surface area contributed by atoms with Crippen molar-refractivity contribution in [2.24, 2.45) is 0 Å². The molecule has 2 aromatic carbocycles. The normalized spacial score (nSPS) is 12.4. The SMILES string of the molecule is O=S(=O)(Cl)c1cc(C(F)(F)F)ccc1-c1cccc(F)c1. The van der Waals surface area contributed by atoms with Crippen LogP contribution >= 0.6 is 10.7 Å². The number of benzene rings is 2. The van der Waals surface area contributed by atoms with E-state index in [1.165, 1.54) is 12.1 Å². The molecule has 0 unspecified atom stereocenters. The first-order chi connectivity index (χ1) is 9.59. The highest BCUT2D eigenvalue weighted by Gasteiger charge is 2.32. The molecule has 0 fully saturated rings. The molecular weight excluding hydrogens is 332 g/mol. The third-order valence-electron chi connectivity index (χ3n) is 2.71. The van der Waals surface area contributed by atoms with Crippen molar-refractivity contribution in [1.29, 1.82) is 0 Å². The summed E-state index contributed by atoms with van der Waals surface area (Å²) in [7, 11) is 0.759. The second kappa shape index (κ2) is 5.31. The van der Waals surface area contributed by atoms with E-state index >= 15 is 0 Å². The molecule has 0 atom stereocenters. The molecule has 0 spiro atoms. The van der Waals surface area contributed by atoms with Crippen LogP contribution < -0.4 is 0 Å². The molecule has 0 saturated carbocycles. The predicted molar refractivity (Wildman–Crippen MR) is 69.9 cm³/mol. The van der Waals surface area contributed by atoms with E-state index in [2.05, 4.69) is 0 Å². The molecule has 21 heavy (non-hydrogen) atoms. The number of hydrogen-bond acceptors (Lipinski definition) is 2. The van der Waals surface area contributed by atoms with Crippen molar-refractivity contribution in [3.63, 3.8) is 0 Å². The predicted octanol–water partition coefficient (Wildman–Crippen LogP) is 4.44. The smallest absolute Gasteiger partial charge is 0.207 e. The summed E-state index contributed by atoms with van der Waals surface area (Å²) in [5, 5.41) is 0. The fourth-order valence-electron chi connectivity index (χ4n) is 1.79. The summed E-state index contributed by atoms with van der Waals surface area (Å²) in [5.74, 6) is -0.648. The Balaban J connectivity index is 2.73. The number of alkyl halides is 3. The van der Waals surface area contributed by atoms with E-state index in [1.807, 2.05) is 0 Å². The molecule has 0 aromatic heterocycles. The second-order valence-electron chi connectivity index (χ2n) is 4.16. The zero-order valence-corrected chi connectivity index (χ0v) is 11.7. The van der Waals surface area contributed by atoms with Gasteiger partial charge in [-0.25, -0.2) is 12.8 Å². The van der Waals surface area contributed by atoms with Crippen LogP contribution in [-0.2, 0) is 15.2 Å². The van der Waals surface area contributed by atoms with Crippen molar-refractivity contribution in [2.75, 3.05) is 0 Å². The number of rotatable bonds is 2. The monoisotopic (exact) mass is 338 g/mol. The molecular formula is C13H7ClF4O2S. The first kappa shape index (κ1) is 15.8. The van der Waals surface area contributed by atoms with E-state index in [0.717, 1.165) is 18.2 Å². The van der Waals surface area contributed by atoms with Gasteiger partial charge in [-0.05, 0) is 29.8 Å². The zero-order valence-electron chi connectivity index (χ0n) is 10.2. The Hall–Kier alpha value is -1.60. The second-order valence-corrected chi connectivity index (χ2v) is 6.69. The number of hydrogen-bond donors (Lipinski definition) is 0. The standard InChI is InChI=1S/C13H7ClF4O2S/c14-21(19,20)12-7-9(13(16,17)18)4-5-11(12)8-2-1-3-10(15)6-8/h1-7H. The third-order valence-corrected chi connectivity index (χ3v) is 4.07. The Morgan fingerprint density at radius 3 is 2.19 bits per heavy atom. The third kappa shape index (κ3) is 3.54. The van der Waals surface area contributed by atoms with Gasteiger partial charge >= 0.3 is 6.18 Å². The van der Waals surface area contributed by atoms with E-state index in [9.17, 15) is 26.0 Å². The summed E-state index contributed by atoms with van der Waals surface area (Å²) in [6.45, 7) is 0. The van der Waals surface area contributed by atoms with Crippen LogP contribution in [0.5, 0.6) is 0 Å². The molecule has 0 aliphatic carbocycles. The maximum Gasteiger partial charge on any atom is 0.416 e. The molecule has 0 bridgehead atoms. The van der Waals surface area contributed by atoms with Gasteiger partial charge in [-0.3, -0.25) is 0 Å². The highest BCUT2D eigenvalue weighted by atomic mass is 35.7. The van der Waals surface area contributed by atoms with Gasteiger partial charge in [0, 0.05) is 16.2 Å². The van der Waals surface area contributed by atoms with Crippen LogP contribution in [-0.4, -0.2) is 8.42 Å². The average molecular weight is 339 g/mol. The first-order valence-corrected chi connectivity index (χ1v) is 7.82. The van der Waals surface area contributed by atoms with Crippen LogP contribution in [0.25, 0.3) is 11.1 Å². The molecule has 0 heterocycles. The fourth-order valence-corrected chi connectivity index (χ4v) is 2.89. The Morgan fingerprint density at radius 2 is 1.67 bits per heavy atom. The molecule has 2 aromatic rings. The Kier molecular flexibility index (Phi) is 3.99. The van der Waals surface area contributed by atoms with Gasteiger partial charge in [-0.1, -0.05) is 18.2 Å². The largest absolute Gasteiger partial charge is 0.416 e. The molecule has 0 aliphatic rings. The van der Waals surface area contributed by atoms with Crippen LogP contribution in [0.15, 0.2) is 47.4 Å². The maximum atomic E-state index is 13.2. The Morgan fingerprint density at radius 1 is 1.00 bits per heavy atom. The van der Waals surface area contributed by atoms with Gasteiger partial charge in [0.15, 0.2) is 0 Å². The highest BCUT2D eigenvalue weighted by molar-refractivity contribution is 8.13. The van der Waals surface area contributed by atoms with Crippen molar-refractivity contribution in [3.05, 3.63) is 53.8 Å². The Labute approximate surface area is 122 Å². The summed E-state index contributed by atoms with van der Waals surface area (Å²) >= 11 is 0. The zero-order chi connectivity index (χ0) is 15.8. The lowest BCUT2D eigenvalue weighted by atomic mass is 10.0. The van der Waals surface area contributed by atoms with Crippen molar-refractivity contribution >= 4 is 19.7 Å². The van der Waals surface area contributed by atoms with Crippen molar-refractivity contribution in [1.82, 2.24) is 0 Å². The average Bonchev–Trinajstić information content (AvgIpc) is 2.36. The molecule has 0 aliphatic heterocycles. The van der Waals surface area contributed by atoms with E-state index < -0.39 is 31.5 Å². The summed E-state index contributed by atoms with van der Waals surface area (Å²) < 4.78 is 74.1. The summed E-state index contributed by atoms with van der Waals surface area (Å²) in [5.41, 5.74) is -1.14. The van der Waals surface area contributed by atoms with E-state index in [4.69, 9.17) is 10.7 Å². The van der Waals surface area contributed by atoms with Crippen LogP contribution in [0, 0.1) is 5.82 Å². The van der Waals surface area contributed by atoms with Crippen molar-refractivity contribution < 1.29 is 26.0 Å². The lowest BCUT2D eigenvalue weighted by Crippen LogP contribution is -2.07. The van der Waals surface area contributed by atoms with Gasteiger partial charge in [0.25, 0.3) is 9.05 Å². The molecule has 0 saturated heterocycles. The highest BCUT2D eigenvalue weighted by Crippen LogP contribution is 2.36. The van der Waals surface area contributed by atoms with E-state index in [-0.39, 0.29) is 11.1 Å². The summed E-state index contributed by atoms with van der Waals surface area (Å²) in [4.78, 5) is -0.718. The van der Waals surface area contributed by atoms with Crippen LogP contribution in [0.2, 0.25) is 0 Å². The van der Waals surface area contributed by atoms with Crippen LogP contribution in [0.4, 0.5) is 17.6 Å². The van der Waals surface area contributed by atoms with Crippen molar-refractivity contribution in [2.45, 2.75) is 11.1 Å². The quantitative estimate of drug-likeness (QED) is 0.599. The molecule has 112 valence electrons. The maximum absolute atomic E-state index is 13.2. The minimum atomic E-state index is -4.71. The molecule has 0 radical (unpaired) electrons. The lowest BCUT2D eigenvalue weighted by molar-refractivity contribution is -0.137. The minimum Gasteiger partial charge on any atom is -0.207 e. The van der Waals surface area contributed by atoms with Gasteiger partial charge in [0.05, 0.1) is 10.5 Å². The van der Waals surface area contributed by atoms with E-state index in [0.29, 0.717) is 12.1 Å².